The first-order chi connectivity index (χ1) is 13.5. The predicted octanol–water partition coefficient (Wildman–Crippen LogP) is 2.45. The number of benzene rings is 1. The number of pyridine rings is 1. The minimum atomic E-state index is -0.267. The van der Waals surface area contributed by atoms with Crippen molar-refractivity contribution in [3.63, 3.8) is 0 Å². The lowest BCUT2D eigenvalue weighted by Crippen LogP contribution is -2.50. The number of nitrogens with two attached hydrogens (primary N) is 1. The van der Waals surface area contributed by atoms with Gasteiger partial charge < -0.3 is 25.2 Å². The molecule has 2 aromatic rings. The Morgan fingerprint density at radius 3 is 2.57 bits per heavy atom. The van der Waals surface area contributed by atoms with E-state index in [0.29, 0.717) is 30.5 Å². The number of halogens is 1. The van der Waals surface area contributed by atoms with E-state index in [-0.39, 0.29) is 5.82 Å². The lowest BCUT2D eigenvalue weighted by atomic mass is 10.0. The summed E-state index contributed by atoms with van der Waals surface area (Å²) in [5.41, 5.74) is 8.93. The summed E-state index contributed by atoms with van der Waals surface area (Å²) in [5, 5.41) is 0. The molecule has 2 fully saturated rings. The van der Waals surface area contributed by atoms with Gasteiger partial charge in [-0.2, -0.15) is 0 Å². The van der Waals surface area contributed by atoms with Crippen molar-refractivity contribution >= 4 is 17.2 Å². The second-order valence-electron chi connectivity index (χ2n) is 7.67. The normalized spacial score (nSPS) is 21.2. The number of nitrogens with zero attached hydrogens (tertiary/aromatic N) is 4. The second-order valence-corrected chi connectivity index (χ2v) is 7.67. The third kappa shape index (κ3) is 3.77. The Balaban J connectivity index is 1.56. The lowest BCUT2D eigenvalue weighted by Gasteiger charge is -2.39. The maximum Gasteiger partial charge on any atom is 0.133 e. The molecule has 0 radical (unpaired) electrons. The van der Waals surface area contributed by atoms with E-state index in [9.17, 15) is 4.39 Å². The number of rotatable bonds is 3. The van der Waals surface area contributed by atoms with Crippen LogP contribution in [0.5, 0.6) is 0 Å². The van der Waals surface area contributed by atoms with Gasteiger partial charge >= 0.3 is 0 Å². The molecule has 150 valence electrons. The lowest BCUT2D eigenvalue weighted by molar-refractivity contribution is 0.122. The number of anilines is 3. The van der Waals surface area contributed by atoms with Crippen LogP contribution in [0.3, 0.4) is 0 Å². The van der Waals surface area contributed by atoms with Crippen molar-refractivity contribution in [2.45, 2.75) is 13.0 Å². The second kappa shape index (κ2) is 7.93. The van der Waals surface area contributed by atoms with Crippen LogP contribution in [0.25, 0.3) is 11.1 Å². The van der Waals surface area contributed by atoms with Crippen molar-refractivity contribution in [2.24, 2.45) is 0 Å². The minimum Gasteiger partial charge on any atom is -0.397 e. The fraction of sp³-hybridized carbons (Fsp3) is 0.476. The van der Waals surface area contributed by atoms with Gasteiger partial charge in [-0.1, -0.05) is 0 Å². The zero-order valence-electron chi connectivity index (χ0n) is 16.6. The van der Waals surface area contributed by atoms with Gasteiger partial charge in [0.25, 0.3) is 0 Å². The van der Waals surface area contributed by atoms with Crippen molar-refractivity contribution in [1.29, 1.82) is 0 Å². The SMILES string of the molecule is C[C@H]1CN(c2cc(F)c(-c3ccc(N4CCOCC4)nc3)cc2N)CCN1C. The standard InChI is InChI=1S/C21H28FN5O/c1-15-14-27(6-5-25(15)2)20-12-18(22)17(11-19(20)23)16-3-4-21(24-13-16)26-7-9-28-10-8-26/h3-4,11-13,15H,5-10,14,23H2,1-2H3/t15-/m0/s1. The highest BCUT2D eigenvalue weighted by atomic mass is 19.1. The van der Waals surface area contributed by atoms with E-state index in [2.05, 4.69) is 33.7 Å². The highest BCUT2D eigenvalue weighted by Gasteiger charge is 2.23. The maximum absolute atomic E-state index is 15.0. The molecule has 0 spiro atoms. The molecule has 2 saturated heterocycles. The molecule has 28 heavy (non-hydrogen) atoms. The van der Waals surface area contributed by atoms with Gasteiger partial charge in [0.15, 0.2) is 0 Å². The van der Waals surface area contributed by atoms with Crippen LogP contribution in [0.2, 0.25) is 0 Å². The van der Waals surface area contributed by atoms with E-state index in [1.807, 2.05) is 12.1 Å². The summed E-state index contributed by atoms with van der Waals surface area (Å²) in [4.78, 5) is 11.2. The first-order valence-corrected chi connectivity index (χ1v) is 9.86. The molecule has 7 heteroatoms. The molecule has 3 heterocycles. The maximum atomic E-state index is 15.0. The summed E-state index contributed by atoms with van der Waals surface area (Å²) >= 11 is 0. The van der Waals surface area contributed by atoms with E-state index in [1.165, 1.54) is 0 Å². The van der Waals surface area contributed by atoms with Crippen molar-refractivity contribution in [2.75, 3.05) is 68.5 Å². The number of hydrogen-bond donors (Lipinski definition) is 1. The molecule has 4 rings (SSSR count). The van der Waals surface area contributed by atoms with Crippen LogP contribution >= 0.6 is 0 Å². The summed E-state index contributed by atoms with van der Waals surface area (Å²) in [6.07, 6.45) is 1.72. The van der Waals surface area contributed by atoms with E-state index in [4.69, 9.17) is 10.5 Å². The molecule has 1 aromatic carbocycles. The van der Waals surface area contributed by atoms with Crippen LogP contribution in [0, 0.1) is 5.82 Å². The molecular formula is C21H28FN5O. The summed E-state index contributed by atoms with van der Waals surface area (Å²) in [6.45, 7) is 7.88. The van der Waals surface area contributed by atoms with Gasteiger partial charge in [-0.15, -0.1) is 0 Å². The average molecular weight is 385 g/mol. The number of nitrogen functional groups attached to an aromatic ring is 1. The molecule has 2 aliphatic heterocycles. The first kappa shape index (κ1) is 19.0. The Labute approximate surface area is 165 Å². The zero-order valence-corrected chi connectivity index (χ0v) is 16.6. The van der Waals surface area contributed by atoms with Crippen LogP contribution in [0.4, 0.5) is 21.6 Å². The molecule has 2 aliphatic rings. The molecule has 0 saturated carbocycles. The number of morpholine rings is 1. The molecule has 0 aliphatic carbocycles. The largest absolute Gasteiger partial charge is 0.397 e. The molecule has 0 unspecified atom stereocenters. The Hall–Kier alpha value is -2.38. The molecule has 0 bridgehead atoms. The fourth-order valence-corrected chi connectivity index (χ4v) is 3.87. The third-order valence-electron chi connectivity index (χ3n) is 5.81. The Morgan fingerprint density at radius 1 is 1.11 bits per heavy atom. The Kier molecular flexibility index (Phi) is 5.37. The Bertz CT molecular complexity index is 822. The minimum absolute atomic E-state index is 0.267. The van der Waals surface area contributed by atoms with Crippen LogP contribution in [-0.4, -0.2) is 68.9 Å². The molecule has 0 amide bonds. The summed E-state index contributed by atoms with van der Waals surface area (Å²) < 4.78 is 20.3. The predicted molar refractivity (Wildman–Crippen MR) is 111 cm³/mol. The number of aromatic nitrogens is 1. The van der Waals surface area contributed by atoms with E-state index in [1.54, 1.807) is 18.3 Å². The highest BCUT2D eigenvalue weighted by molar-refractivity contribution is 5.77. The number of ether oxygens (including phenoxy) is 1. The van der Waals surface area contributed by atoms with E-state index in [0.717, 1.165) is 49.8 Å². The molecule has 1 atom stereocenters. The van der Waals surface area contributed by atoms with Crippen LogP contribution in [0.15, 0.2) is 30.5 Å². The van der Waals surface area contributed by atoms with Crippen molar-refractivity contribution in [3.8, 4) is 11.1 Å². The van der Waals surface area contributed by atoms with Gasteiger partial charge in [-0.05, 0) is 38.2 Å². The van der Waals surface area contributed by atoms with Crippen LogP contribution < -0.4 is 15.5 Å². The van der Waals surface area contributed by atoms with Gasteiger partial charge in [-0.25, -0.2) is 9.37 Å². The molecule has 6 nitrogen and oxygen atoms in total. The van der Waals surface area contributed by atoms with Crippen LogP contribution in [0.1, 0.15) is 6.92 Å². The number of hydrogen-bond acceptors (Lipinski definition) is 6. The molecule has 1 aromatic heterocycles. The van der Waals surface area contributed by atoms with Gasteiger partial charge in [-0.3, -0.25) is 0 Å². The van der Waals surface area contributed by atoms with Crippen molar-refractivity contribution < 1.29 is 9.13 Å². The van der Waals surface area contributed by atoms with E-state index < -0.39 is 0 Å². The first-order valence-electron chi connectivity index (χ1n) is 9.86. The van der Waals surface area contributed by atoms with Gasteiger partial charge in [0.05, 0.1) is 24.6 Å². The van der Waals surface area contributed by atoms with Crippen molar-refractivity contribution in [3.05, 3.63) is 36.3 Å². The molecule has 2 N–H and O–H groups in total. The van der Waals surface area contributed by atoms with E-state index >= 15 is 0 Å². The summed E-state index contributed by atoms with van der Waals surface area (Å²) in [5.74, 6) is 0.625. The number of piperazine rings is 1. The highest BCUT2D eigenvalue weighted by Crippen LogP contribution is 2.33. The fourth-order valence-electron chi connectivity index (χ4n) is 3.87. The third-order valence-corrected chi connectivity index (χ3v) is 5.81. The summed E-state index contributed by atoms with van der Waals surface area (Å²) in [6, 6.07) is 7.56. The average Bonchev–Trinajstić information content (AvgIpc) is 2.72. The zero-order chi connectivity index (χ0) is 19.7. The smallest absolute Gasteiger partial charge is 0.133 e. The monoisotopic (exact) mass is 385 g/mol. The van der Waals surface area contributed by atoms with Crippen molar-refractivity contribution in [1.82, 2.24) is 9.88 Å². The van der Waals surface area contributed by atoms with Gasteiger partial charge in [0, 0.05) is 56.1 Å². The summed E-state index contributed by atoms with van der Waals surface area (Å²) in [7, 11) is 2.11. The number of likely N-dealkylation sites (N-methyl/N-ethyl adjacent to an activating group) is 1. The van der Waals surface area contributed by atoms with Gasteiger partial charge in [0.1, 0.15) is 11.6 Å². The topological polar surface area (TPSA) is 57.9 Å². The quantitative estimate of drug-likeness (QED) is 0.819. The Morgan fingerprint density at radius 2 is 1.89 bits per heavy atom. The van der Waals surface area contributed by atoms with Gasteiger partial charge in [0.2, 0.25) is 0 Å². The molecular weight excluding hydrogens is 357 g/mol. The van der Waals surface area contributed by atoms with Crippen LogP contribution in [-0.2, 0) is 4.74 Å².